The van der Waals surface area contributed by atoms with Crippen molar-refractivity contribution in [3.63, 3.8) is 0 Å². The maximum atomic E-state index is 11.2. The summed E-state index contributed by atoms with van der Waals surface area (Å²) in [6, 6.07) is 8.51. The monoisotopic (exact) mass is 252 g/mol. The number of hydroxylamine groups is 1. The zero-order valence-corrected chi connectivity index (χ0v) is 10.7. The van der Waals surface area contributed by atoms with Gasteiger partial charge in [0.25, 0.3) is 0 Å². The van der Waals surface area contributed by atoms with Crippen LogP contribution >= 0.6 is 0 Å². The third-order valence-electron chi connectivity index (χ3n) is 2.16. The van der Waals surface area contributed by atoms with Crippen LogP contribution in [0.2, 0.25) is 0 Å². The number of benzene rings is 1. The topological polar surface area (TPSA) is 72.6 Å². The fourth-order valence-corrected chi connectivity index (χ4v) is 1.34. The molecule has 1 rings (SSSR count). The van der Waals surface area contributed by atoms with Crippen LogP contribution in [0.15, 0.2) is 30.3 Å². The van der Waals surface area contributed by atoms with E-state index in [1.807, 2.05) is 25.0 Å². The summed E-state index contributed by atoms with van der Waals surface area (Å²) < 4.78 is 0. The van der Waals surface area contributed by atoms with Crippen molar-refractivity contribution in [2.75, 3.05) is 11.7 Å². The van der Waals surface area contributed by atoms with E-state index in [0.29, 0.717) is 12.3 Å². The van der Waals surface area contributed by atoms with Gasteiger partial charge in [-0.05, 0) is 18.6 Å². The van der Waals surface area contributed by atoms with E-state index < -0.39 is 6.03 Å². The van der Waals surface area contributed by atoms with Gasteiger partial charge in [-0.3, -0.25) is 4.84 Å². The molecule has 0 aromatic heterocycles. The minimum atomic E-state index is -0.595. The van der Waals surface area contributed by atoms with Crippen LogP contribution in [0.5, 0.6) is 0 Å². The van der Waals surface area contributed by atoms with Gasteiger partial charge in [0.1, 0.15) is 6.79 Å². The Labute approximate surface area is 107 Å². The molecule has 0 aliphatic heterocycles. The first-order valence-corrected chi connectivity index (χ1v) is 5.82. The molecule has 0 spiro atoms. The van der Waals surface area contributed by atoms with E-state index in [9.17, 15) is 4.79 Å². The molecule has 100 valence electrons. The van der Waals surface area contributed by atoms with Crippen LogP contribution in [0, 0.1) is 0 Å². The summed E-state index contributed by atoms with van der Waals surface area (Å²) in [5, 5.41) is 1.13. The molecular formula is C13H20N2O3. The lowest BCUT2D eigenvalue weighted by Gasteiger charge is -2.19. The Hall–Kier alpha value is -1.88. The summed E-state index contributed by atoms with van der Waals surface area (Å²) in [4.78, 5) is 24.5. The van der Waals surface area contributed by atoms with Crippen molar-refractivity contribution in [2.24, 2.45) is 5.73 Å². The van der Waals surface area contributed by atoms with Crippen LogP contribution in [0.3, 0.4) is 0 Å². The zero-order valence-electron chi connectivity index (χ0n) is 10.7. The van der Waals surface area contributed by atoms with Gasteiger partial charge in [0.2, 0.25) is 0 Å². The van der Waals surface area contributed by atoms with Gasteiger partial charge in [-0.25, -0.2) is 4.79 Å². The van der Waals surface area contributed by atoms with Crippen molar-refractivity contribution < 1.29 is 14.4 Å². The largest absolute Gasteiger partial charge is 0.349 e. The summed E-state index contributed by atoms with van der Waals surface area (Å²) in [7, 11) is 0. The molecule has 0 heterocycles. The quantitative estimate of drug-likeness (QED) is 0.624. The van der Waals surface area contributed by atoms with Gasteiger partial charge < -0.3 is 10.5 Å². The van der Waals surface area contributed by atoms with Crippen LogP contribution in [0.25, 0.3) is 0 Å². The Morgan fingerprint density at radius 1 is 1.28 bits per heavy atom. The SMILES string of the molecule is C=O.CCCCCON(C(N)=O)c1ccccc1. The number of unbranched alkanes of at least 4 members (excludes halogenated alkanes) is 2. The number of anilines is 1. The summed E-state index contributed by atoms with van der Waals surface area (Å²) in [5.41, 5.74) is 5.90. The lowest BCUT2D eigenvalue weighted by molar-refractivity contribution is -0.0979. The Morgan fingerprint density at radius 2 is 1.89 bits per heavy atom. The van der Waals surface area contributed by atoms with Gasteiger partial charge >= 0.3 is 6.03 Å². The summed E-state index contributed by atoms with van der Waals surface area (Å²) >= 11 is 0. The molecule has 2 N–H and O–H groups in total. The van der Waals surface area contributed by atoms with E-state index in [1.165, 1.54) is 0 Å². The summed E-state index contributed by atoms with van der Waals surface area (Å²) in [6.45, 7) is 4.62. The van der Waals surface area contributed by atoms with E-state index in [1.54, 1.807) is 12.1 Å². The number of nitrogens with two attached hydrogens (primary N) is 1. The summed E-state index contributed by atoms with van der Waals surface area (Å²) in [6.07, 6.45) is 3.12. The van der Waals surface area contributed by atoms with Crippen LogP contribution in [0.1, 0.15) is 26.2 Å². The molecule has 0 aliphatic carbocycles. The predicted molar refractivity (Wildman–Crippen MR) is 71.1 cm³/mol. The van der Waals surface area contributed by atoms with Gasteiger partial charge in [0.15, 0.2) is 0 Å². The lowest BCUT2D eigenvalue weighted by atomic mass is 10.3. The second-order valence-corrected chi connectivity index (χ2v) is 3.51. The predicted octanol–water partition coefficient (Wildman–Crippen LogP) is 2.51. The van der Waals surface area contributed by atoms with E-state index >= 15 is 0 Å². The first-order chi connectivity index (χ1) is 8.75. The van der Waals surface area contributed by atoms with E-state index in [2.05, 4.69) is 6.92 Å². The molecule has 5 nitrogen and oxygen atoms in total. The standard InChI is InChI=1S/C12H18N2O2.CH2O/c1-2-3-7-10-16-14(12(13)15)11-8-5-4-6-9-11;1-2/h4-6,8-9H,2-3,7,10H2,1H3,(H2,13,15);1H2. The number of hydrogen-bond donors (Lipinski definition) is 1. The number of primary amides is 1. The Balaban J connectivity index is 0.00000137. The average Bonchev–Trinajstić information content (AvgIpc) is 2.41. The number of urea groups is 1. The smallest absolute Gasteiger partial charge is 0.343 e. The maximum absolute atomic E-state index is 11.2. The van der Waals surface area contributed by atoms with Gasteiger partial charge in [0, 0.05) is 0 Å². The average molecular weight is 252 g/mol. The van der Waals surface area contributed by atoms with Crippen molar-refractivity contribution in [3.05, 3.63) is 30.3 Å². The molecule has 0 radical (unpaired) electrons. The third-order valence-corrected chi connectivity index (χ3v) is 2.16. The normalized spacial score (nSPS) is 9.17. The van der Waals surface area contributed by atoms with Crippen LogP contribution < -0.4 is 10.8 Å². The van der Waals surface area contributed by atoms with Crippen LogP contribution in [-0.2, 0) is 9.63 Å². The molecule has 0 fully saturated rings. The Morgan fingerprint density at radius 3 is 2.39 bits per heavy atom. The second kappa shape index (κ2) is 10.3. The van der Waals surface area contributed by atoms with Gasteiger partial charge in [-0.2, -0.15) is 5.06 Å². The lowest BCUT2D eigenvalue weighted by Crippen LogP contribution is -2.36. The molecular weight excluding hydrogens is 232 g/mol. The zero-order chi connectivity index (χ0) is 13.8. The Kier molecular flexibility index (Phi) is 9.21. The number of carbonyl (C=O) groups excluding carboxylic acids is 2. The molecule has 1 aromatic carbocycles. The van der Waals surface area contributed by atoms with E-state index in [0.717, 1.165) is 24.3 Å². The highest BCUT2D eigenvalue weighted by Crippen LogP contribution is 2.13. The number of para-hydroxylation sites is 1. The fraction of sp³-hybridized carbons (Fsp3) is 0.385. The number of hydrogen-bond acceptors (Lipinski definition) is 3. The summed E-state index contributed by atoms with van der Waals surface area (Å²) in [5.74, 6) is 0. The van der Waals surface area contributed by atoms with Crippen LogP contribution in [0.4, 0.5) is 10.5 Å². The van der Waals surface area contributed by atoms with Gasteiger partial charge in [-0.1, -0.05) is 38.0 Å². The Bertz CT molecular complexity index is 330. The molecule has 0 aliphatic rings. The molecule has 0 atom stereocenters. The first kappa shape index (κ1) is 16.1. The molecule has 1 aromatic rings. The highest BCUT2D eigenvalue weighted by molar-refractivity contribution is 5.88. The van der Waals surface area contributed by atoms with Crippen molar-refractivity contribution >= 4 is 18.5 Å². The molecule has 0 saturated carbocycles. The third kappa shape index (κ3) is 6.00. The van der Waals surface area contributed by atoms with Crippen LogP contribution in [-0.4, -0.2) is 19.4 Å². The van der Waals surface area contributed by atoms with Crippen molar-refractivity contribution in [2.45, 2.75) is 26.2 Å². The minimum absolute atomic E-state index is 0.506. The van der Waals surface area contributed by atoms with E-state index in [4.69, 9.17) is 15.4 Å². The number of amides is 2. The molecule has 0 saturated heterocycles. The molecule has 5 heteroatoms. The maximum Gasteiger partial charge on any atom is 0.343 e. The molecule has 2 amide bonds. The number of carbonyl (C=O) groups is 2. The highest BCUT2D eigenvalue weighted by Gasteiger charge is 2.12. The minimum Gasteiger partial charge on any atom is -0.349 e. The van der Waals surface area contributed by atoms with Gasteiger partial charge in [0.05, 0.1) is 12.3 Å². The van der Waals surface area contributed by atoms with Gasteiger partial charge in [-0.15, -0.1) is 0 Å². The fourth-order valence-electron chi connectivity index (χ4n) is 1.34. The first-order valence-electron chi connectivity index (χ1n) is 5.82. The number of nitrogens with zero attached hydrogens (tertiary/aromatic N) is 1. The molecule has 0 bridgehead atoms. The van der Waals surface area contributed by atoms with E-state index in [-0.39, 0.29) is 0 Å². The highest BCUT2D eigenvalue weighted by atomic mass is 16.7. The van der Waals surface area contributed by atoms with Crippen molar-refractivity contribution in [3.8, 4) is 0 Å². The van der Waals surface area contributed by atoms with Crippen molar-refractivity contribution in [1.29, 1.82) is 0 Å². The number of rotatable bonds is 6. The molecule has 0 unspecified atom stereocenters. The van der Waals surface area contributed by atoms with Crippen molar-refractivity contribution in [1.82, 2.24) is 0 Å². The molecule has 18 heavy (non-hydrogen) atoms. The second-order valence-electron chi connectivity index (χ2n) is 3.51.